The van der Waals surface area contributed by atoms with Crippen LogP contribution in [0.1, 0.15) is 22.3 Å². The Morgan fingerprint density at radius 1 is 1.39 bits per heavy atom. The van der Waals surface area contributed by atoms with Gasteiger partial charge in [-0.25, -0.2) is 0 Å². The third-order valence-corrected chi connectivity index (χ3v) is 6.07. The number of nitrogens with zero attached hydrogens (tertiary/aromatic N) is 2. The number of likely N-dealkylation sites (N-methyl/N-ethyl adjacent to an activating group) is 1. The molecule has 1 aromatic carbocycles. The van der Waals surface area contributed by atoms with Crippen molar-refractivity contribution in [1.29, 1.82) is 10.8 Å². The lowest BCUT2D eigenvalue weighted by Crippen LogP contribution is -2.51. The van der Waals surface area contributed by atoms with Crippen molar-refractivity contribution >= 4 is 38.8 Å². The Kier molecular flexibility index (Phi) is 6.41. The van der Waals surface area contributed by atoms with E-state index in [2.05, 4.69) is 35.2 Å². The lowest BCUT2D eigenvalue weighted by Gasteiger charge is -2.38. The van der Waals surface area contributed by atoms with Crippen molar-refractivity contribution in [2.75, 3.05) is 26.7 Å². The molecule has 2 atom stereocenters. The van der Waals surface area contributed by atoms with Crippen molar-refractivity contribution in [3.63, 3.8) is 0 Å². The number of amides is 1. The summed E-state index contributed by atoms with van der Waals surface area (Å²) in [5.41, 5.74) is 2.22. The highest BCUT2D eigenvalue weighted by molar-refractivity contribution is 8.27. The largest absolute Gasteiger partial charge is 0.361 e. The van der Waals surface area contributed by atoms with E-state index in [9.17, 15) is 4.79 Å². The third kappa shape index (κ3) is 4.74. The van der Waals surface area contributed by atoms with Crippen LogP contribution in [-0.4, -0.2) is 69.7 Å². The monoisotopic (exact) mass is 404 g/mol. The SMILES string of the molecule is CC(Cc1c[nH]c2ccccc12)NC(=O)C(=N)SC(=N)N1CCN(C)[C@H](C)C1.[HH].[HH]. The molecule has 28 heavy (non-hydrogen) atoms. The molecule has 0 radical (unpaired) electrons. The minimum Gasteiger partial charge on any atom is -0.361 e. The summed E-state index contributed by atoms with van der Waals surface area (Å²) < 4.78 is 0. The van der Waals surface area contributed by atoms with Crippen LogP contribution in [0.5, 0.6) is 0 Å². The number of rotatable bonds is 3. The van der Waals surface area contributed by atoms with E-state index in [1.54, 1.807) is 0 Å². The van der Waals surface area contributed by atoms with Gasteiger partial charge in [0.1, 0.15) is 0 Å². The minimum atomic E-state index is -0.427. The number of aromatic nitrogens is 1. The number of piperazine rings is 1. The molecule has 154 valence electrons. The van der Waals surface area contributed by atoms with Gasteiger partial charge < -0.3 is 20.1 Å². The highest BCUT2D eigenvalue weighted by Gasteiger charge is 2.25. The first-order valence-corrected chi connectivity index (χ1v) is 10.3. The van der Waals surface area contributed by atoms with E-state index >= 15 is 0 Å². The Morgan fingerprint density at radius 2 is 2.14 bits per heavy atom. The number of benzene rings is 1. The van der Waals surface area contributed by atoms with Gasteiger partial charge in [-0.1, -0.05) is 18.2 Å². The quantitative estimate of drug-likeness (QED) is 0.467. The lowest BCUT2D eigenvalue weighted by atomic mass is 10.1. The van der Waals surface area contributed by atoms with Crippen LogP contribution in [0.4, 0.5) is 0 Å². The molecule has 1 aromatic heterocycles. The smallest absolute Gasteiger partial charge is 0.276 e. The summed E-state index contributed by atoms with van der Waals surface area (Å²) in [5.74, 6) is -0.427. The van der Waals surface area contributed by atoms with Crippen LogP contribution in [0, 0.1) is 10.8 Å². The van der Waals surface area contributed by atoms with Gasteiger partial charge >= 0.3 is 0 Å². The van der Waals surface area contributed by atoms with E-state index in [4.69, 9.17) is 10.8 Å². The number of hydrogen-bond donors (Lipinski definition) is 4. The molecule has 0 aliphatic carbocycles. The van der Waals surface area contributed by atoms with E-state index in [0.29, 0.717) is 12.5 Å². The molecule has 1 saturated heterocycles. The van der Waals surface area contributed by atoms with Crippen LogP contribution >= 0.6 is 11.8 Å². The second kappa shape index (κ2) is 8.79. The fourth-order valence-electron chi connectivity index (χ4n) is 3.41. The molecule has 1 aliphatic heterocycles. The predicted octanol–water partition coefficient (Wildman–Crippen LogP) is 2.99. The molecule has 8 heteroatoms. The number of nitrogens with one attached hydrogen (secondary N) is 4. The molecule has 2 heterocycles. The van der Waals surface area contributed by atoms with Crippen LogP contribution < -0.4 is 5.32 Å². The number of para-hydroxylation sites is 1. The second-order valence-corrected chi connectivity index (χ2v) is 8.45. The van der Waals surface area contributed by atoms with E-state index in [1.165, 1.54) is 0 Å². The number of aromatic amines is 1. The Hall–Kier alpha value is -2.32. The van der Waals surface area contributed by atoms with E-state index in [1.807, 2.05) is 36.2 Å². The van der Waals surface area contributed by atoms with Gasteiger partial charge in [-0.15, -0.1) is 0 Å². The molecule has 1 unspecified atom stereocenters. The number of carbonyl (C=O) groups is 1. The standard InChI is InChI=1S/C20H28N6OS.2H2/c1-13(10-15-11-23-17-7-5-4-6-16(15)17)24-19(27)18(21)28-20(22)26-9-8-25(3)14(2)12-26;;/h4-7,11,13-14,21-23H,8-10,12H2,1-3H3,(H,24,27);2*1H/t13?,14-;;/m1../s1. The van der Waals surface area contributed by atoms with Gasteiger partial charge in [0.25, 0.3) is 5.91 Å². The topological polar surface area (TPSA) is 99.1 Å². The Balaban J connectivity index is 0.00000225. The maximum atomic E-state index is 12.4. The predicted molar refractivity (Wildman–Crippen MR) is 121 cm³/mol. The summed E-state index contributed by atoms with van der Waals surface area (Å²) in [7, 11) is 2.07. The number of hydrogen-bond acceptors (Lipinski definition) is 5. The second-order valence-electron chi connectivity index (χ2n) is 7.45. The Morgan fingerprint density at radius 3 is 2.89 bits per heavy atom. The van der Waals surface area contributed by atoms with Gasteiger partial charge in [0.05, 0.1) is 0 Å². The molecule has 0 spiro atoms. The third-order valence-electron chi connectivity index (χ3n) is 5.23. The number of thioether (sulfide) groups is 1. The molecule has 1 amide bonds. The van der Waals surface area contributed by atoms with Gasteiger partial charge in [-0.2, -0.15) is 0 Å². The molecule has 0 saturated carbocycles. The number of carbonyl (C=O) groups excluding carboxylic acids is 1. The van der Waals surface area contributed by atoms with Crippen LogP contribution in [0.15, 0.2) is 30.5 Å². The number of amidine groups is 1. The maximum absolute atomic E-state index is 12.4. The van der Waals surface area contributed by atoms with Crippen LogP contribution in [0.2, 0.25) is 0 Å². The maximum Gasteiger partial charge on any atom is 0.276 e. The zero-order valence-corrected chi connectivity index (χ0v) is 17.4. The molecule has 0 bridgehead atoms. The molecule has 7 nitrogen and oxygen atoms in total. The summed E-state index contributed by atoms with van der Waals surface area (Å²) in [6.45, 7) is 6.43. The number of fused-ring (bicyclic) bond motifs is 1. The molecule has 1 fully saturated rings. The van der Waals surface area contributed by atoms with Crippen LogP contribution in [-0.2, 0) is 11.2 Å². The van der Waals surface area contributed by atoms with Crippen LogP contribution in [0.25, 0.3) is 10.9 Å². The van der Waals surface area contributed by atoms with Gasteiger partial charge in [-0.05, 0) is 50.7 Å². The van der Waals surface area contributed by atoms with Gasteiger partial charge in [0.2, 0.25) is 0 Å². The van der Waals surface area contributed by atoms with Crippen molar-refractivity contribution in [3.8, 4) is 0 Å². The van der Waals surface area contributed by atoms with Crippen molar-refractivity contribution in [3.05, 3.63) is 36.0 Å². The summed E-state index contributed by atoms with van der Waals surface area (Å²) in [6.07, 6.45) is 2.65. The Labute approximate surface area is 172 Å². The highest BCUT2D eigenvalue weighted by Crippen LogP contribution is 2.19. The normalized spacial score (nSPS) is 18.8. The zero-order chi connectivity index (χ0) is 20.3. The highest BCUT2D eigenvalue weighted by atomic mass is 32.2. The van der Waals surface area contributed by atoms with Crippen molar-refractivity contribution in [1.82, 2.24) is 20.1 Å². The van der Waals surface area contributed by atoms with E-state index < -0.39 is 5.91 Å². The first-order valence-electron chi connectivity index (χ1n) is 9.51. The summed E-state index contributed by atoms with van der Waals surface area (Å²) in [4.78, 5) is 19.8. The average Bonchev–Trinajstić information content (AvgIpc) is 3.06. The fraction of sp³-hybridized carbons (Fsp3) is 0.450. The van der Waals surface area contributed by atoms with Crippen molar-refractivity contribution in [2.45, 2.75) is 32.4 Å². The van der Waals surface area contributed by atoms with Crippen LogP contribution in [0.3, 0.4) is 0 Å². The Bertz CT molecular complexity index is 889. The molecule has 4 N–H and O–H groups in total. The summed E-state index contributed by atoms with van der Waals surface area (Å²) in [5, 5.41) is 20.5. The zero-order valence-electron chi connectivity index (χ0n) is 16.6. The van der Waals surface area contributed by atoms with Gasteiger partial charge in [0.15, 0.2) is 10.2 Å². The average molecular weight is 405 g/mol. The molecule has 3 rings (SSSR count). The number of H-pyrrole nitrogens is 1. The van der Waals surface area contributed by atoms with E-state index in [-0.39, 0.29) is 19.1 Å². The lowest BCUT2D eigenvalue weighted by molar-refractivity contribution is -0.115. The first kappa shape index (κ1) is 20.4. The van der Waals surface area contributed by atoms with E-state index in [0.717, 1.165) is 47.9 Å². The summed E-state index contributed by atoms with van der Waals surface area (Å²) in [6, 6.07) is 8.33. The minimum absolute atomic E-state index is 0. The molecule has 1 aliphatic rings. The van der Waals surface area contributed by atoms with Gasteiger partial charge in [-0.3, -0.25) is 15.6 Å². The van der Waals surface area contributed by atoms with Crippen molar-refractivity contribution in [2.24, 2.45) is 0 Å². The fourth-order valence-corrected chi connectivity index (χ4v) is 4.05. The molecule has 2 aromatic rings. The first-order chi connectivity index (χ1) is 13.3. The molecular formula is C20H32N6OS. The molecular weight excluding hydrogens is 372 g/mol. The van der Waals surface area contributed by atoms with Crippen molar-refractivity contribution < 1.29 is 7.65 Å². The van der Waals surface area contributed by atoms with Gasteiger partial charge in [0, 0.05) is 51.7 Å². The summed E-state index contributed by atoms with van der Waals surface area (Å²) >= 11 is 0.926.